The number of fused-ring (bicyclic) bond motifs is 1. The van der Waals surface area contributed by atoms with Crippen molar-refractivity contribution in [2.75, 3.05) is 5.73 Å². The van der Waals surface area contributed by atoms with E-state index in [1.54, 1.807) is 12.1 Å². The summed E-state index contributed by atoms with van der Waals surface area (Å²) < 4.78 is 0. The Balaban J connectivity index is 2.97. The molecule has 66 valence electrons. The molecule has 3 N–H and O–H groups in total. The highest BCUT2D eigenvalue weighted by atomic mass is 32.1. The van der Waals surface area contributed by atoms with Crippen molar-refractivity contribution >= 4 is 29.2 Å². The summed E-state index contributed by atoms with van der Waals surface area (Å²) in [6.45, 7) is 0. The average molecular weight is 193 g/mol. The molecule has 0 aliphatic rings. The molecule has 0 amide bonds. The van der Waals surface area contributed by atoms with Gasteiger partial charge in [0, 0.05) is 10.6 Å². The molecule has 0 saturated carbocycles. The molecule has 0 radical (unpaired) electrons. The molecule has 0 fully saturated rings. The van der Waals surface area contributed by atoms with E-state index in [1.807, 2.05) is 0 Å². The number of aromatic amines is 1. The number of rotatable bonds is 0. The number of H-pyrrole nitrogens is 1. The van der Waals surface area contributed by atoms with Gasteiger partial charge in [-0.2, -0.15) is 0 Å². The molecule has 0 spiro atoms. The van der Waals surface area contributed by atoms with Gasteiger partial charge in [-0.05, 0) is 12.1 Å². The Hall–Kier alpha value is -1.49. The van der Waals surface area contributed by atoms with Crippen LogP contribution in [0.25, 0.3) is 10.9 Å². The first-order valence-electron chi connectivity index (χ1n) is 3.64. The number of hydrogen-bond donors (Lipinski definition) is 3. The summed E-state index contributed by atoms with van der Waals surface area (Å²) >= 11 is 4.13. The molecule has 2 rings (SSSR count). The van der Waals surface area contributed by atoms with Gasteiger partial charge in [-0.1, -0.05) is 0 Å². The Morgan fingerprint density at radius 2 is 2.23 bits per heavy atom. The number of nitrogens with two attached hydrogens (primary N) is 1. The lowest BCUT2D eigenvalue weighted by Gasteiger charge is -2.00. The van der Waals surface area contributed by atoms with Crippen LogP contribution < -0.4 is 11.3 Å². The fraction of sp³-hybridized carbons (Fsp3) is 0. The van der Waals surface area contributed by atoms with Crippen LogP contribution in [-0.4, -0.2) is 9.97 Å². The summed E-state index contributed by atoms with van der Waals surface area (Å²) in [5.74, 6) is 0. The molecule has 2 aromatic rings. The number of hydrogen-bond acceptors (Lipinski definition) is 4. The lowest BCUT2D eigenvalue weighted by Crippen LogP contribution is -2.06. The third-order valence-electron chi connectivity index (χ3n) is 1.79. The lowest BCUT2D eigenvalue weighted by molar-refractivity contribution is 1.17. The number of nitrogens with zero attached hydrogens (tertiary/aromatic N) is 1. The molecule has 0 saturated heterocycles. The van der Waals surface area contributed by atoms with Gasteiger partial charge < -0.3 is 10.7 Å². The number of aromatic nitrogens is 2. The van der Waals surface area contributed by atoms with E-state index in [4.69, 9.17) is 5.73 Å². The second kappa shape index (κ2) is 2.77. The smallest absolute Gasteiger partial charge is 0.258 e. The van der Waals surface area contributed by atoms with Gasteiger partial charge in [0.05, 0.1) is 17.2 Å². The van der Waals surface area contributed by atoms with Crippen molar-refractivity contribution in [1.29, 1.82) is 0 Å². The molecule has 5 heteroatoms. The molecule has 0 unspecified atom stereocenters. The van der Waals surface area contributed by atoms with Crippen molar-refractivity contribution in [3.8, 4) is 0 Å². The maximum Gasteiger partial charge on any atom is 0.258 e. The highest BCUT2D eigenvalue weighted by molar-refractivity contribution is 7.80. The average Bonchev–Trinajstić information content (AvgIpc) is 2.09. The highest BCUT2D eigenvalue weighted by Gasteiger charge is 2.02. The van der Waals surface area contributed by atoms with Gasteiger partial charge in [0.25, 0.3) is 5.56 Å². The van der Waals surface area contributed by atoms with Gasteiger partial charge in [0.15, 0.2) is 0 Å². The van der Waals surface area contributed by atoms with E-state index in [0.717, 1.165) is 0 Å². The van der Waals surface area contributed by atoms with Crippen LogP contribution in [0.1, 0.15) is 0 Å². The monoisotopic (exact) mass is 193 g/mol. The molecule has 1 heterocycles. The maximum atomic E-state index is 11.3. The zero-order valence-corrected chi connectivity index (χ0v) is 7.51. The quantitative estimate of drug-likeness (QED) is 0.428. The van der Waals surface area contributed by atoms with Crippen LogP contribution in [-0.2, 0) is 0 Å². The molecule has 4 nitrogen and oxygen atoms in total. The van der Waals surface area contributed by atoms with E-state index in [1.165, 1.54) is 6.33 Å². The number of anilines is 1. The molecule has 13 heavy (non-hydrogen) atoms. The summed E-state index contributed by atoms with van der Waals surface area (Å²) in [7, 11) is 0. The minimum absolute atomic E-state index is 0.190. The summed E-state index contributed by atoms with van der Waals surface area (Å²) in [6.07, 6.45) is 1.36. The first kappa shape index (κ1) is 8.12. The van der Waals surface area contributed by atoms with E-state index in [9.17, 15) is 4.79 Å². The number of benzene rings is 1. The van der Waals surface area contributed by atoms with E-state index >= 15 is 0 Å². The highest BCUT2D eigenvalue weighted by Crippen LogP contribution is 2.20. The van der Waals surface area contributed by atoms with Gasteiger partial charge in [-0.25, -0.2) is 4.98 Å². The molecule has 0 aliphatic carbocycles. The van der Waals surface area contributed by atoms with Crippen LogP contribution in [0.2, 0.25) is 0 Å². The van der Waals surface area contributed by atoms with Gasteiger partial charge in [0.1, 0.15) is 0 Å². The molecule has 0 atom stereocenters. The van der Waals surface area contributed by atoms with Crippen LogP contribution in [0.15, 0.2) is 28.2 Å². The maximum absolute atomic E-state index is 11.3. The Bertz CT molecular complexity index is 520. The van der Waals surface area contributed by atoms with E-state index in [-0.39, 0.29) is 5.56 Å². The zero-order valence-electron chi connectivity index (χ0n) is 6.61. The summed E-state index contributed by atoms with van der Waals surface area (Å²) in [6, 6.07) is 3.24. The second-order valence-corrected chi connectivity index (χ2v) is 3.14. The summed E-state index contributed by atoms with van der Waals surface area (Å²) in [5.41, 5.74) is 6.49. The minimum atomic E-state index is -0.190. The largest absolute Gasteiger partial charge is 0.398 e. The van der Waals surface area contributed by atoms with E-state index in [0.29, 0.717) is 21.5 Å². The van der Waals surface area contributed by atoms with Crippen molar-refractivity contribution < 1.29 is 0 Å². The van der Waals surface area contributed by atoms with Crippen molar-refractivity contribution in [1.82, 2.24) is 9.97 Å². The Kier molecular flexibility index (Phi) is 1.73. The van der Waals surface area contributed by atoms with Crippen LogP contribution in [0, 0.1) is 0 Å². The molecule has 0 bridgehead atoms. The zero-order chi connectivity index (χ0) is 9.42. The topological polar surface area (TPSA) is 71.8 Å². The van der Waals surface area contributed by atoms with E-state index < -0.39 is 0 Å². The predicted molar refractivity (Wildman–Crippen MR) is 54.0 cm³/mol. The van der Waals surface area contributed by atoms with Crippen LogP contribution >= 0.6 is 12.6 Å². The van der Waals surface area contributed by atoms with Gasteiger partial charge >= 0.3 is 0 Å². The lowest BCUT2D eigenvalue weighted by atomic mass is 10.2. The van der Waals surface area contributed by atoms with Crippen molar-refractivity contribution in [2.45, 2.75) is 4.90 Å². The fourth-order valence-electron chi connectivity index (χ4n) is 1.12. The number of thiol groups is 1. The first-order chi connectivity index (χ1) is 6.18. The van der Waals surface area contributed by atoms with E-state index in [2.05, 4.69) is 22.6 Å². The number of nitrogens with one attached hydrogen (secondary N) is 1. The first-order valence-corrected chi connectivity index (χ1v) is 4.09. The predicted octanol–water partition coefficient (Wildman–Crippen LogP) is 0.794. The number of nitrogen functional groups attached to an aromatic ring is 1. The molecular formula is C8H7N3OS. The SMILES string of the molecule is Nc1cc2c(=O)[nH]cnc2cc1S. The summed E-state index contributed by atoms with van der Waals surface area (Å²) in [5, 5.41) is 0.484. The second-order valence-electron chi connectivity index (χ2n) is 2.66. The molecule has 0 aliphatic heterocycles. The third kappa shape index (κ3) is 1.27. The fourth-order valence-corrected chi connectivity index (χ4v) is 1.31. The van der Waals surface area contributed by atoms with Gasteiger partial charge in [-0.15, -0.1) is 12.6 Å². The Morgan fingerprint density at radius 3 is 3.00 bits per heavy atom. The standard InChI is InChI=1S/C8H7N3OS/c9-5-1-4-6(2-7(5)13)10-3-11-8(4)12/h1-3,13H,9H2,(H,10,11,12). The van der Waals surface area contributed by atoms with Gasteiger partial charge in [0.2, 0.25) is 0 Å². The normalized spacial score (nSPS) is 10.5. The third-order valence-corrected chi connectivity index (χ3v) is 2.18. The minimum Gasteiger partial charge on any atom is -0.398 e. The molecule has 1 aromatic carbocycles. The van der Waals surface area contributed by atoms with Crippen molar-refractivity contribution in [3.05, 3.63) is 28.8 Å². The molecular weight excluding hydrogens is 186 g/mol. The van der Waals surface area contributed by atoms with Crippen LogP contribution in [0.4, 0.5) is 5.69 Å². The summed E-state index contributed by atoms with van der Waals surface area (Å²) in [4.78, 5) is 18.4. The Labute approximate surface area is 79.2 Å². The molecule has 1 aromatic heterocycles. The van der Waals surface area contributed by atoms with Crippen LogP contribution in [0.5, 0.6) is 0 Å². The van der Waals surface area contributed by atoms with Crippen molar-refractivity contribution in [3.63, 3.8) is 0 Å². The van der Waals surface area contributed by atoms with Gasteiger partial charge in [-0.3, -0.25) is 4.79 Å². The van der Waals surface area contributed by atoms with Crippen LogP contribution in [0.3, 0.4) is 0 Å². The van der Waals surface area contributed by atoms with Crippen molar-refractivity contribution in [2.24, 2.45) is 0 Å². The Morgan fingerprint density at radius 1 is 1.46 bits per heavy atom.